The summed E-state index contributed by atoms with van der Waals surface area (Å²) in [7, 11) is -3.37. The van der Waals surface area contributed by atoms with Crippen LogP contribution in [-0.2, 0) is 10.0 Å². The lowest BCUT2D eigenvalue weighted by Crippen LogP contribution is -2.22. The molecule has 0 aliphatic heterocycles. The van der Waals surface area contributed by atoms with Crippen molar-refractivity contribution < 1.29 is 8.42 Å². The van der Waals surface area contributed by atoms with E-state index >= 15 is 0 Å². The van der Waals surface area contributed by atoms with Gasteiger partial charge in [-0.05, 0) is 24.5 Å². The molecule has 18 heavy (non-hydrogen) atoms. The molecule has 2 rings (SSSR count). The lowest BCUT2D eigenvalue weighted by molar-refractivity contribution is 0.307. The van der Waals surface area contributed by atoms with Gasteiger partial charge in [0.05, 0.1) is 22.2 Å². The molecule has 1 aromatic rings. The van der Waals surface area contributed by atoms with Crippen LogP contribution in [0.5, 0.6) is 0 Å². The molecule has 0 amide bonds. The number of anilines is 2. The molecule has 0 heterocycles. The van der Waals surface area contributed by atoms with E-state index in [4.69, 9.17) is 17.3 Å². The summed E-state index contributed by atoms with van der Waals surface area (Å²) in [5, 5.41) is 0.321. The van der Waals surface area contributed by atoms with Gasteiger partial charge >= 0.3 is 0 Å². The van der Waals surface area contributed by atoms with E-state index in [-0.39, 0.29) is 11.4 Å². The van der Waals surface area contributed by atoms with Gasteiger partial charge in [0.1, 0.15) is 0 Å². The topological polar surface area (TPSA) is 72.2 Å². The second kappa shape index (κ2) is 5.36. The molecule has 0 bridgehead atoms. The molecule has 1 aliphatic rings. The standard InChI is InChI=1S/C12H17ClN2O2S/c13-10-5-2-6-11(14)12(10)15-18(16,17)8-7-9-3-1-4-9/h2,5-6,9,15H,1,3-4,7-8,14H2. The molecule has 4 nitrogen and oxygen atoms in total. The van der Waals surface area contributed by atoms with E-state index in [0.29, 0.717) is 23.0 Å². The van der Waals surface area contributed by atoms with Crippen molar-refractivity contribution in [2.24, 2.45) is 5.92 Å². The van der Waals surface area contributed by atoms with E-state index in [2.05, 4.69) is 4.72 Å². The zero-order valence-electron chi connectivity index (χ0n) is 10.0. The van der Waals surface area contributed by atoms with Crippen molar-refractivity contribution >= 4 is 33.0 Å². The van der Waals surface area contributed by atoms with Crippen LogP contribution in [0.2, 0.25) is 5.02 Å². The van der Waals surface area contributed by atoms with Gasteiger partial charge in [-0.15, -0.1) is 0 Å². The van der Waals surface area contributed by atoms with Crippen molar-refractivity contribution in [3.63, 3.8) is 0 Å². The lowest BCUT2D eigenvalue weighted by atomic mass is 9.84. The monoisotopic (exact) mass is 288 g/mol. The van der Waals surface area contributed by atoms with E-state index in [9.17, 15) is 8.42 Å². The highest BCUT2D eigenvalue weighted by Gasteiger charge is 2.21. The van der Waals surface area contributed by atoms with Crippen LogP contribution < -0.4 is 10.5 Å². The van der Waals surface area contributed by atoms with Gasteiger partial charge in [0, 0.05) is 0 Å². The first-order valence-corrected chi connectivity index (χ1v) is 8.05. The van der Waals surface area contributed by atoms with Gasteiger partial charge in [0.25, 0.3) is 0 Å². The van der Waals surface area contributed by atoms with E-state index in [1.54, 1.807) is 18.2 Å². The molecule has 100 valence electrons. The number of nitrogens with two attached hydrogens (primary N) is 1. The molecule has 1 aromatic carbocycles. The Bertz CT molecular complexity index is 507. The predicted octanol–water partition coefficient (Wildman–Crippen LogP) is 2.85. The maximum Gasteiger partial charge on any atom is 0.232 e. The first-order chi connectivity index (χ1) is 8.48. The molecule has 1 fully saturated rings. The fraction of sp³-hybridized carbons (Fsp3) is 0.500. The summed E-state index contributed by atoms with van der Waals surface area (Å²) < 4.78 is 26.3. The van der Waals surface area contributed by atoms with Gasteiger partial charge < -0.3 is 5.73 Å². The number of nitrogen functional groups attached to an aromatic ring is 1. The molecular formula is C12H17ClN2O2S. The molecule has 6 heteroatoms. The van der Waals surface area contributed by atoms with E-state index < -0.39 is 10.0 Å². The third kappa shape index (κ3) is 3.29. The Balaban J connectivity index is 2.02. The minimum absolute atomic E-state index is 0.127. The fourth-order valence-electron chi connectivity index (χ4n) is 1.96. The van der Waals surface area contributed by atoms with Crippen molar-refractivity contribution in [2.45, 2.75) is 25.7 Å². The number of hydrogen-bond donors (Lipinski definition) is 2. The smallest absolute Gasteiger partial charge is 0.232 e. The molecule has 0 spiro atoms. The van der Waals surface area contributed by atoms with Crippen molar-refractivity contribution in [1.29, 1.82) is 0 Å². The van der Waals surface area contributed by atoms with Crippen LogP contribution in [0.3, 0.4) is 0 Å². The van der Waals surface area contributed by atoms with Crippen molar-refractivity contribution in [2.75, 3.05) is 16.2 Å². The van der Waals surface area contributed by atoms with Crippen LogP contribution in [-0.4, -0.2) is 14.2 Å². The first kappa shape index (κ1) is 13.5. The van der Waals surface area contributed by atoms with Crippen LogP contribution in [0.1, 0.15) is 25.7 Å². The van der Waals surface area contributed by atoms with Crippen LogP contribution in [0, 0.1) is 5.92 Å². The summed E-state index contributed by atoms with van der Waals surface area (Å²) in [6.45, 7) is 0. The normalized spacial score (nSPS) is 16.3. The summed E-state index contributed by atoms with van der Waals surface area (Å²) in [4.78, 5) is 0. The van der Waals surface area contributed by atoms with Crippen molar-refractivity contribution in [3.8, 4) is 0 Å². The quantitative estimate of drug-likeness (QED) is 0.818. The Hall–Kier alpha value is -0.940. The highest BCUT2D eigenvalue weighted by atomic mass is 35.5. The summed E-state index contributed by atoms with van der Waals surface area (Å²) in [5.41, 5.74) is 6.34. The number of nitrogens with one attached hydrogen (secondary N) is 1. The summed E-state index contributed by atoms with van der Waals surface area (Å²) in [6.07, 6.45) is 4.21. The first-order valence-electron chi connectivity index (χ1n) is 6.02. The second-order valence-corrected chi connectivity index (χ2v) is 6.96. The van der Waals surface area contributed by atoms with Crippen LogP contribution in [0.4, 0.5) is 11.4 Å². The molecule has 1 aliphatic carbocycles. The van der Waals surface area contributed by atoms with Crippen LogP contribution >= 0.6 is 11.6 Å². The Morgan fingerprint density at radius 3 is 2.67 bits per heavy atom. The minimum atomic E-state index is -3.37. The van der Waals surface area contributed by atoms with Gasteiger partial charge in [-0.3, -0.25) is 4.72 Å². The Morgan fingerprint density at radius 2 is 2.11 bits per heavy atom. The Morgan fingerprint density at radius 1 is 1.39 bits per heavy atom. The highest BCUT2D eigenvalue weighted by Crippen LogP contribution is 2.31. The van der Waals surface area contributed by atoms with Gasteiger partial charge in [0.2, 0.25) is 10.0 Å². The number of para-hydroxylation sites is 1. The molecular weight excluding hydrogens is 272 g/mol. The Kier molecular flexibility index (Phi) is 4.02. The van der Waals surface area contributed by atoms with E-state index in [0.717, 1.165) is 12.8 Å². The number of hydrogen-bond acceptors (Lipinski definition) is 3. The molecule has 0 aromatic heterocycles. The van der Waals surface area contributed by atoms with Crippen molar-refractivity contribution in [1.82, 2.24) is 0 Å². The lowest BCUT2D eigenvalue weighted by Gasteiger charge is -2.25. The molecule has 0 atom stereocenters. The van der Waals surface area contributed by atoms with Crippen LogP contribution in [0.15, 0.2) is 18.2 Å². The summed E-state index contributed by atoms with van der Waals surface area (Å²) in [6, 6.07) is 4.92. The van der Waals surface area contributed by atoms with Crippen LogP contribution in [0.25, 0.3) is 0 Å². The largest absolute Gasteiger partial charge is 0.397 e. The van der Waals surface area contributed by atoms with Gasteiger partial charge in [-0.25, -0.2) is 8.42 Å². The molecule has 0 unspecified atom stereocenters. The van der Waals surface area contributed by atoms with Crippen molar-refractivity contribution in [3.05, 3.63) is 23.2 Å². The number of benzene rings is 1. The SMILES string of the molecule is Nc1cccc(Cl)c1NS(=O)(=O)CCC1CCC1. The maximum absolute atomic E-state index is 11.9. The zero-order valence-corrected chi connectivity index (χ0v) is 11.6. The maximum atomic E-state index is 11.9. The molecule has 0 saturated heterocycles. The number of rotatable bonds is 5. The van der Waals surface area contributed by atoms with Gasteiger partial charge in [-0.2, -0.15) is 0 Å². The average molecular weight is 289 g/mol. The summed E-state index contributed by atoms with van der Waals surface area (Å²) >= 11 is 5.93. The average Bonchev–Trinajstić information content (AvgIpc) is 2.21. The summed E-state index contributed by atoms with van der Waals surface area (Å²) in [5.74, 6) is 0.688. The van der Waals surface area contributed by atoms with E-state index in [1.165, 1.54) is 6.42 Å². The zero-order chi connectivity index (χ0) is 13.2. The third-order valence-electron chi connectivity index (χ3n) is 3.32. The third-order valence-corrected chi connectivity index (χ3v) is 4.93. The molecule has 0 radical (unpaired) electrons. The molecule has 1 saturated carbocycles. The Labute approximate surface area is 113 Å². The fourth-order valence-corrected chi connectivity index (χ4v) is 3.53. The predicted molar refractivity (Wildman–Crippen MR) is 75.2 cm³/mol. The number of halogens is 1. The van der Waals surface area contributed by atoms with E-state index in [1.807, 2.05) is 0 Å². The minimum Gasteiger partial charge on any atom is -0.397 e. The van der Waals surface area contributed by atoms with Gasteiger partial charge in [0.15, 0.2) is 0 Å². The van der Waals surface area contributed by atoms with Gasteiger partial charge in [-0.1, -0.05) is 36.9 Å². The second-order valence-electron chi connectivity index (χ2n) is 4.71. The molecule has 3 N–H and O–H groups in total. The number of sulfonamides is 1. The highest BCUT2D eigenvalue weighted by molar-refractivity contribution is 7.92.